The Balaban J connectivity index is 2.62. The maximum atomic E-state index is 4.19. The fourth-order valence-corrected chi connectivity index (χ4v) is 0.989. The molecule has 1 atom stereocenters. The Hall–Kier alpha value is -0.830. The molecule has 1 rings (SSSR count). The first-order valence-corrected chi connectivity index (χ1v) is 3.95. The van der Waals surface area contributed by atoms with Crippen molar-refractivity contribution in [1.29, 1.82) is 0 Å². The predicted octanol–water partition coefficient (Wildman–Crippen LogP) is 1.42. The Bertz CT molecular complexity index is 193. The zero-order chi connectivity index (χ0) is 8.27. The van der Waals surface area contributed by atoms with Gasteiger partial charge in [0.25, 0.3) is 0 Å². The van der Waals surface area contributed by atoms with Crippen LogP contribution in [0, 0.1) is 0 Å². The lowest BCUT2D eigenvalue weighted by Gasteiger charge is -2.20. The predicted molar refractivity (Wildman–Crippen MR) is 45.3 cm³/mol. The molecule has 1 N–H and O–H groups in total. The number of nitrogens with one attached hydrogen (secondary N) is 1. The second-order valence-corrected chi connectivity index (χ2v) is 2.72. The zero-order valence-electron chi connectivity index (χ0n) is 7.33. The third kappa shape index (κ3) is 1.80. The zero-order valence-corrected chi connectivity index (χ0v) is 7.33. The molecule has 0 radical (unpaired) electrons. The average molecular weight is 153 g/mol. The lowest BCUT2D eigenvalue weighted by molar-refractivity contribution is 0.267. The largest absolute Gasteiger partial charge is 0.347 e. The molecule has 0 aromatic carbocycles. The van der Waals surface area contributed by atoms with Crippen LogP contribution in [0.15, 0.2) is 12.4 Å². The molecule has 0 aliphatic carbocycles. The van der Waals surface area contributed by atoms with E-state index in [0.717, 1.165) is 12.4 Å². The van der Waals surface area contributed by atoms with Gasteiger partial charge in [0.2, 0.25) is 0 Å². The highest BCUT2D eigenvalue weighted by Gasteiger charge is 2.10. The third-order valence-electron chi connectivity index (χ3n) is 2.08. The summed E-state index contributed by atoms with van der Waals surface area (Å²) in [6.07, 6.45) is 3.64. The number of rotatable bonds is 3. The van der Waals surface area contributed by atoms with E-state index in [2.05, 4.69) is 35.8 Å². The molecule has 3 heteroatoms. The Labute approximate surface area is 67.4 Å². The molecule has 1 unspecified atom stereocenters. The van der Waals surface area contributed by atoms with Crippen molar-refractivity contribution in [2.45, 2.75) is 19.9 Å². The molecule has 0 fully saturated rings. The van der Waals surface area contributed by atoms with Crippen molar-refractivity contribution < 1.29 is 0 Å². The van der Waals surface area contributed by atoms with Gasteiger partial charge in [0.05, 0.1) is 6.04 Å². The summed E-state index contributed by atoms with van der Waals surface area (Å²) < 4.78 is 0. The highest BCUT2D eigenvalue weighted by Crippen LogP contribution is 2.12. The summed E-state index contributed by atoms with van der Waals surface area (Å²) in [7, 11) is 2.09. The summed E-state index contributed by atoms with van der Waals surface area (Å²) in [5, 5.41) is 0. The van der Waals surface area contributed by atoms with Crippen LogP contribution in [-0.2, 0) is 0 Å². The van der Waals surface area contributed by atoms with Crippen molar-refractivity contribution in [1.82, 2.24) is 14.9 Å². The SMILES string of the molecule is CCN(C)C(C)c1ncc[nH]1. The summed E-state index contributed by atoms with van der Waals surface area (Å²) in [5.41, 5.74) is 0. The lowest BCUT2D eigenvalue weighted by atomic mass is 10.3. The van der Waals surface area contributed by atoms with Crippen LogP contribution in [0.2, 0.25) is 0 Å². The number of aromatic nitrogens is 2. The summed E-state index contributed by atoms with van der Waals surface area (Å²) in [6.45, 7) is 5.32. The van der Waals surface area contributed by atoms with Gasteiger partial charge in [-0.3, -0.25) is 4.90 Å². The summed E-state index contributed by atoms with van der Waals surface area (Å²) in [6, 6.07) is 0.384. The summed E-state index contributed by atoms with van der Waals surface area (Å²) in [4.78, 5) is 9.52. The Morgan fingerprint density at radius 2 is 2.45 bits per heavy atom. The number of hydrogen-bond acceptors (Lipinski definition) is 2. The molecule has 3 nitrogen and oxygen atoms in total. The van der Waals surface area contributed by atoms with Crippen LogP contribution in [0.4, 0.5) is 0 Å². The normalized spacial score (nSPS) is 13.8. The standard InChI is InChI=1S/C8H15N3/c1-4-11(3)7(2)8-9-5-6-10-8/h5-7H,4H2,1-3H3,(H,9,10). The number of imidazole rings is 1. The van der Waals surface area contributed by atoms with Crippen molar-refractivity contribution in [3.05, 3.63) is 18.2 Å². The molecule has 0 amide bonds. The van der Waals surface area contributed by atoms with Gasteiger partial charge in [0.15, 0.2) is 0 Å². The van der Waals surface area contributed by atoms with E-state index in [4.69, 9.17) is 0 Å². The minimum atomic E-state index is 0.384. The molecule has 0 aliphatic rings. The summed E-state index contributed by atoms with van der Waals surface area (Å²) in [5.74, 6) is 1.04. The van der Waals surface area contributed by atoms with Crippen LogP contribution >= 0.6 is 0 Å². The third-order valence-corrected chi connectivity index (χ3v) is 2.08. The Morgan fingerprint density at radius 1 is 1.73 bits per heavy atom. The van der Waals surface area contributed by atoms with Crippen LogP contribution in [0.5, 0.6) is 0 Å². The molecule has 62 valence electrons. The molecule has 0 bridgehead atoms. The van der Waals surface area contributed by atoms with Gasteiger partial charge in [-0.25, -0.2) is 4.98 Å². The van der Waals surface area contributed by atoms with E-state index in [1.807, 2.05) is 6.20 Å². The molecule has 11 heavy (non-hydrogen) atoms. The topological polar surface area (TPSA) is 31.9 Å². The van der Waals surface area contributed by atoms with E-state index in [9.17, 15) is 0 Å². The molecule has 0 aliphatic heterocycles. The van der Waals surface area contributed by atoms with Crippen molar-refractivity contribution >= 4 is 0 Å². The van der Waals surface area contributed by atoms with Gasteiger partial charge >= 0.3 is 0 Å². The molecule has 1 aromatic heterocycles. The van der Waals surface area contributed by atoms with Crippen molar-refractivity contribution in [2.24, 2.45) is 0 Å². The number of hydrogen-bond donors (Lipinski definition) is 1. The number of nitrogens with zero attached hydrogens (tertiary/aromatic N) is 2. The molecule has 1 aromatic rings. The maximum absolute atomic E-state index is 4.19. The fraction of sp³-hybridized carbons (Fsp3) is 0.625. The van der Waals surface area contributed by atoms with Crippen molar-refractivity contribution in [3.8, 4) is 0 Å². The van der Waals surface area contributed by atoms with Gasteiger partial charge in [-0.15, -0.1) is 0 Å². The van der Waals surface area contributed by atoms with Gasteiger partial charge in [0.1, 0.15) is 5.82 Å². The van der Waals surface area contributed by atoms with Gasteiger partial charge in [0, 0.05) is 12.4 Å². The van der Waals surface area contributed by atoms with E-state index < -0.39 is 0 Å². The number of H-pyrrole nitrogens is 1. The Kier molecular flexibility index (Phi) is 2.65. The van der Waals surface area contributed by atoms with Gasteiger partial charge < -0.3 is 4.98 Å². The van der Waals surface area contributed by atoms with Crippen molar-refractivity contribution in [3.63, 3.8) is 0 Å². The van der Waals surface area contributed by atoms with E-state index in [1.54, 1.807) is 6.20 Å². The second-order valence-electron chi connectivity index (χ2n) is 2.72. The van der Waals surface area contributed by atoms with Crippen LogP contribution < -0.4 is 0 Å². The second kappa shape index (κ2) is 3.53. The minimum Gasteiger partial charge on any atom is -0.347 e. The van der Waals surface area contributed by atoms with Crippen LogP contribution in [0.3, 0.4) is 0 Å². The summed E-state index contributed by atoms with van der Waals surface area (Å²) >= 11 is 0. The molecule has 1 heterocycles. The van der Waals surface area contributed by atoms with E-state index in [0.29, 0.717) is 6.04 Å². The molecule has 0 saturated carbocycles. The van der Waals surface area contributed by atoms with Crippen LogP contribution in [-0.4, -0.2) is 28.5 Å². The lowest BCUT2D eigenvalue weighted by Crippen LogP contribution is -2.22. The maximum Gasteiger partial charge on any atom is 0.123 e. The molecular weight excluding hydrogens is 138 g/mol. The quantitative estimate of drug-likeness (QED) is 0.712. The highest BCUT2D eigenvalue weighted by molar-refractivity contribution is 4.93. The van der Waals surface area contributed by atoms with E-state index in [-0.39, 0.29) is 0 Å². The van der Waals surface area contributed by atoms with E-state index in [1.165, 1.54) is 0 Å². The highest BCUT2D eigenvalue weighted by atomic mass is 15.1. The van der Waals surface area contributed by atoms with Crippen LogP contribution in [0.25, 0.3) is 0 Å². The van der Waals surface area contributed by atoms with Gasteiger partial charge in [-0.1, -0.05) is 6.92 Å². The van der Waals surface area contributed by atoms with Crippen molar-refractivity contribution in [2.75, 3.05) is 13.6 Å². The number of aromatic amines is 1. The fourth-order valence-electron chi connectivity index (χ4n) is 0.989. The average Bonchev–Trinajstić information content (AvgIpc) is 2.53. The first-order valence-electron chi connectivity index (χ1n) is 3.95. The first kappa shape index (κ1) is 8.27. The molecule has 0 saturated heterocycles. The van der Waals surface area contributed by atoms with Gasteiger partial charge in [-0.2, -0.15) is 0 Å². The van der Waals surface area contributed by atoms with Crippen LogP contribution in [0.1, 0.15) is 25.7 Å². The smallest absolute Gasteiger partial charge is 0.123 e. The Morgan fingerprint density at radius 3 is 2.91 bits per heavy atom. The minimum absolute atomic E-state index is 0.384. The van der Waals surface area contributed by atoms with Gasteiger partial charge in [-0.05, 0) is 20.5 Å². The first-order chi connectivity index (χ1) is 5.25. The monoisotopic (exact) mass is 153 g/mol. The van der Waals surface area contributed by atoms with E-state index >= 15 is 0 Å². The molecule has 0 spiro atoms. The molecular formula is C8H15N3.